The van der Waals surface area contributed by atoms with E-state index in [2.05, 4.69) is 4.98 Å². The summed E-state index contributed by atoms with van der Waals surface area (Å²) in [6.45, 7) is 1.97. The molecule has 0 atom stereocenters. The van der Waals surface area contributed by atoms with Crippen LogP contribution >= 0.6 is 0 Å². The third-order valence-electron chi connectivity index (χ3n) is 4.41. The van der Waals surface area contributed by atoms with Crippen LogP contribution in [0.15, 0.2) is 65.2 Å². The molecule has 0 saturated carbocycles. The molecule has 152 valence electrons. The lowest BCUT2D eigenvalue weighted by molar-refractivity contribution is 0.0528. The van der Waals surface area contributed by atoms with Crippen LogP contribution in [-0.4, -0.2) is 24.7 Å². The predicted molar refractivity (Wildman–Crippen MR) is 108 cm³/mol. The van der Waals surface area contributed by atoms with Crippen molar-refractivity contribution in [2.45, 2.75) is 6.92 Å². The van der Waals surface area contributed by atoms with Crippen LogP contribution < -0.4 is 9.47 Å². The number of ether oxygens (including phenoxy) is 3. The molecule has 0 aliphatic carbocycles. The van der Waals surface area contributed by atoms with Crippen molar-refractivity contribution in [2.24, 2.45) is 0 Å². The summed E-state index contributed by atoms with van der Waals surface area (Å²) in [5.41, 5.74) is 1.42. The van der Waals surface area contributed by atoms with E-state index < -0.39 is 5.97 Å². The molecule has 6 nitrogen and oxygen atoms in total. The van der Waals surface area contributed by atoms with Crippen LogP contribution in [0.5, 0.6) is 17.4 Å². The normalized spacial score (nSPS) is 10.8. The lowest BCUT2D eigenvalue weighted by atomic mass is 10.1. The van der Waals surface area contributed by atoms with Crippen LogP contribution in [0.25, 0.3) is 22.3 Å². The number of benzene rings is 2. The fraction of sp³-hybridized carbons (Fsp3) is 0.130. The number of aromatic nitrogens is 1. The number of methoxy groups -OCH3 is 1. The minimum absolute atomic E-state index is 0.234. The van der Waals surface area contributed by atoms with E-state index in [9.17, 15) is 9.18 Å². The number of carbonyl (C=O) groups excluding carboxylic acids is 1. The zero-order chi connectivity index (χ0) is 21.1. The van der Waals surface area contributed by atoms with Crippen LogP contribution in [0.1, 0.15) is 17.3 Å². The smallest absolute Gasteiger partial charge is 0.342 e. The van der Waals surface area contributed by atoms with Crippen molar-refractivity contribution in [3.05, 3.63) is 72.2 Å². The Morgan fingerprint density at radius 1 is 1.07 bits per heavy atom. The van der Waals surface area contributed by atoms with Gasteiger partial charge in [-0.15, -0.1) is 0 Å². The Morgan fingerprint density at radius 2 is 1.83 bits per heavy atom. The minimum atomic E-state index is -0.494. The van der Waals surface area contributed by atoms with E-state index in [-0.39, 0.29) is 12.4 Å². The van der Waals surface area contributed by atoms with Crippen molar-refractivity contribution in [2.75, 3.05) is 13.7 Å². The van der Waals surface area contributed by atoms with E-state index in [1.807, 2.05) is 0 Å². The highest BCUT2D eigenvalue weighted by Crippen LogP contribution is 2.36. The van der Waals surface area contributed by atoms with Gasteiger partial charge in [-0.1, -0.05) is 0 Å². The first-order chi connectivity index (χ1) is 14.6. The van der Waals surface area contributed by atoms with Gasteiger partial charge in [-0.05, 0) is 55.5 Å². The first-order valence-electron chi connectivity index (χ1n) is 9.26. The highest BCUT2D eigenvalue weighted by Gasteiger charge is 2.24. The van der Waals surface area contributed by atoms with Gasteiger partial charge < -0.3 is 18.6 Å². The molecule has 30 heavy (non-hydrogen) atoms. The number of fused-ring (bicyclic) bond motifs is 1. The van der Waals surface area contributed by atoms with Crippen molar-refractivity contribution in [3.63, 3.8) is 0 Å². The molecule has 0 saturated heterocycles. The second kappa shape index (κ2) is 8.24. The topological polar surface area (TPSA) is 70.8 Å². The molecule has 0 bridgehead atoms. The van der Waals surface area contributed by atoms with Gasteiger partial charge in [0, 0.05) is 23.2 Å². The summed E-state index contributed by atoms with van der Waals surface area (Å²) in [6, 6.07) is 14.2. The van der Waals surface area contributed by atoms with E-state index in [0.717, 1.165) is 0 Å². The average Bonchev–Trinajstić information content (AvgIpc) is 3.14. The first-order valence-corrected chi connectivity index (χ1v) is 9.26. The number of pyridine rings is 1. The Balaban J connectivity index is 1.71. The number of hydrogen-bond acceptors (Lipinski definition) is 6. The maximum atomic E-state index is 13.0. The van der Waals surface area contributed by atoms with Gasteiger partial charge in [-0.3, -0.25) is 0 Å². The zero-order valence-corrected chi connectivity index (χ0v) is 16.3. The van der Waals surface area contributed by atoms with Crippen LogP contribution in [0.2, 0.25) is 0 Å². The molecule has 0 amide bonds. The summed E-state index contributed by atoms with van der Waals surface area (Å²) in [5.74, 6) is 0.879. The molecule has 7 heteroatoms. The maximum Gasteiger partial charge on any atom is 0.342 e. The van der Waals surface area contributed by atoms with Gasteiger partial charge in [0.2, 0.25) is 5.88 Å². The first kappa shape index (κ1) is 19.4. The molecule has 0 unspecified atom stereocenters. The fourth-order valence-corrected chi connectivity index (χ4v) is 3.01. The minimum Gasteiger partial charge on any atom is -0.497 e. The summed E-state index contributed by atoms with van der Waals surface area (Å²) >= 11 is 0. The Kier molecular flexibility index (Phi) is 5.34. The van der Waals surface area contributed by atoms with Crippen LogP contribution in [0, 0.1) is 5.82 Å². The van der Waals surface area contributed by atoms with E-state index in [1.54, 1.807) is 44.4 Å². The predicted octanol–water partition coefficient (Wildman–Crippen LogP) is 5.61. The number of nitrogens with zero attached hydrogens (tertiary/aromatic N) is 1. The molecule has 0 fully saturated rings. The van der Waals surface area contributed by atoms with E-state index >= 15 is 0 Å². The summed E-state index contributed by atoms with van der Waals surface area (Å²) in [7, 11) is 1.55. The summed E-state index contributed by atoms with van der Waals surface area (Å²) in [6.07, 6.45) is 1.54. The van der Waals surface area contributed by atoms with Gasteiger partial charge >= 0.3 is 5.97 Å². The number of rotatable bonds is 6. The second-order valence-electron chi connectivity index (χ2n) is 6.33. The van der Waals surface area contributed by atoms with E-state index in [4.69, 9.17) is 18.6 Å². The summed E-state index contributed by atoms with van der Waals surface area (Å²) in [5, 5.41) is 0.592. The molecule has 2 aromatic heterocycles. The van der Waals surface area contributed by atoms with Gasteiger partial charge in [0.25, 0.3) is 0 Å². The van der Waals surface area contributed by atoms with Gasteiger partial charge in [-0.25, -0.2) is 14.2 Å². The molecule has 0 spiro atoms. The van der Waals surface area contributed by atoms with Crippen molar-refractivity contribution >= 4 is 16.9 Å². The highest BCUT2D eigenvalue weighted by atomic mass is 19.1. The molecule has 4 rings (SSSR count). The Labute approximate surface area is 171 Å². The molecule has 0 N–H and O–H groups in total. The lowest BCUT2D eigenvalue weighted by Gasteiger charge is -2.06. The summed E-state index contributed by atoms with van der Waals surface area (Å²) < 4.78 is 35.1. The third kappa shape index (κ3) is 3.82. The van der Waals surface area contributed by atoms with Crippen molar-refractivity contribution < 1.29 is 27.8 Å². The van der Waals surface area contributed by atoms with Gasteiger partial charge in [0.05, 0.1) is 13.7 Å². The van der Waals surface area contributed by atoms with Crippen LogP contribution in [0.4, 0.5) is 4.39 Å². The number of halogens is 1. The van der Waals surface area contributed by atoms with E-state index in [1.165, 1.54) is 30.5 Å². The number of hydrogen-bond donors (Lipinski definition) is 0. The standard InChI is InChI=1S/C23H18FNO5/c1-3-28-23(26)21-18-12-17(27-2)9-10-19(18)30-22(21)14-4-11-20(25-13-14)29-16-7-5-15(24)6-8-16/h4-13H,3H2,1-2H3. The highest BCUT2D eigenvalue weighted by molar-refractivity contribution is 6.09. The molecule has 0 aliphatic heterocycles. The van der Waals surface area contributed by atoms with Gasteiger partial charge in [-0.2, -0.15) is 0 Å². The van der Waals surface area contributed by atoms with Gasteiger partial charge in [0.1, 0.15) is 28.5 Å². The van der Waals surface area contributed by atoms with E-state index in [0.29, 0.717) is 45.2 Å². The molecule has 0 radical (unpaired) electrons. The summed E-state index contributed by atoms with van der Waals surface area (Å²) in [4.78, 5) is 16.9. The average molecular weight is 407 g/mol. The fourth-order valence-electron chi connectivity index (χ4n) is 3.01. The van der Waals surface area contributed by atoms with Crippen molar-refractivity contribution in [3.8, 4) is 28.7 Å². The number of carbonyl (C=O) groups is 1. The molecule has 2 aromatic carbocycles. The Hall–Kier alpha value is -3.87. The number of furan rings is 1. The Bertz CT molecular complexity index is 1180. The molecule has 2 heterocycles. The monoisotopic (exact) mass is 407 g/mol. The Morgan fingerprint density at radius 3 is 2.50 bits per heavy atom. The molecule has 4 aromatic rings. The molecular formula is C23H18FNO5. The molecule has 0 aliphatic rings. The quantitative estimate of drug-likeness (QED) is 0.387. The third-order valence-corrected chi connectivity index (χ3v) is 4.41. The van der Waals surface area contributed by atoms with Crippen molar-refractivity contribution in [1.82, 2.24) is 4.98 Å². The largest absolute Gasteiger partial charge is 0.497 e. The lowest BCUT2D eigenvalue weighted by Crippen LogP contribution is -2.05. The van der Waals surface area contributed by atoms with Crippen LogP contribution in [-0.2, 0) is 4.74 Å². The number of esters is 1. The maximum absolute atomic E-state index is 13.0. The zero-order valence-electron chi connectivity index (χ0n) is 16.3. The van der Waals surface area contributed by atoms with Crippen molar-refractivity contribution in [1.29, 1.82) is 0 Å². The van der Waals surface area contributed by atoms with Crippen LogP contribution in [0.3, 0.4) is 0 Å². The SMILES string of the molecule is CCOC(=O)c1c(-c2ccc(Oc3ccc(F)cc3)nc2)oc2ccc(OC)cc12. The molecular weight excluding hydrogens is 389 g/mol. The second-order valence-corrected chi connectivity index (χ2v) is 6.33. The van der Waals surface area contributed by atoms with Gasteiger partial charge in [0.15, 0.2) is 5.76 Å².